The fraction of sp³-hybridized carbons (Fsp3) is 0.231. The van der Waals surface area contributed by atoms with Crippen molar-refractivity contribution in [3.05, 3.63) is 77.9 Å². The fourth-order valence-corrected chi connectivity index (χ4v) is 4.31. The van der Waals surface area contributed by atoms with Crippen molar-refractivity contribution in [2.45, 2.75) is 20.3 Å². The topological polar surface area (TPSA) is 96.0 Å². The Bertz CT molecular complexity index is 1530. The Morgan fingerprint density at radius 2 is 1.30 bits per heavy atom. The Hall–Kier alpha value is -3.44. The lowest BCUT2D eigenvalue weighted by molar-refractivity contribution is 0.314. The van der Waals surface area contributed by atoms with Crippen molar-refractivity contribution in [2.75, 3.05) is 19.1 Å². The first-order chi connectivity index (χ1) is 17.2. The fourth-order valence-electron chi connectivity index (χ4n) is 3.39. The molecular formula is C26H26F2O7S2. The first kappa shape index (κ1) is 28.1. The number of rotatable bonds is 10. The summed E-state index contributed by atoms with van der Waals surface area (Å²) >= 11 is 0. The van der Waals surface area contributed by atoms with E-state index in [1.54, 1.807) is 0 Å². The van der Waals surface area contributed by atoms with E-state index in [1.807, 2.05) is 19.9 Å². The van der Waals surface area contributed by atoms with Gasteiger partial charge in [0, 0.05) is 11.1 Å². The quantitative estimate of drug-likeness (QED) is 0.181. The van der Waals surface area contributed by atoms with Crippen LogP contribution in [0.2, 0.25) is 0 Å². The molecule has 0 spiro atoms. The number of ether oxygens (including phenoxy) is 1. The van der Waals surface area contributed by atoms with Crippen molar-refractivity contribution in [3.8, 4) is 39.5 Å². The molecule has 3 rings (SSSR count). The van der Waals surface area contributed by atoms with Crippen LogP contribution in [0, 0.1) is 11.6 Å². The number of hydrogen-bond acceptors (Lipinski definition) is 7. The SMILES string of the molecule is CC(C)=CCCOc1ccc(-c2cc(F)c(-c3ccc(OS(C)(=O)=O)cc3)cc2F)cc1OS(C)(=O)=O. The number of hydrogen-bond donors (Lipinski definition) is 0. The van der Waals surface area contributed by atoms with E-state index in [1.165, 1.54) is 42.5 Å². The summed E-state index contributed by atoms with van der Waals surface area (Å²) in [5.74, 6) is -1.49. The number of benzene rings is 3. The summed E-state index contributed by atoms with van der Waals surface area (Å²) in [6.07, 6.45) is 4.31. The maximum Gasteiger partial charge on any atom is 0.306 e. The average Bonchev–Trinajstić information content (AvgIpc) is 2.77. The Labute approximate surface area is 215 Å². The lowest BCUT2D eigenvalue weighted by Gasteiger charge is -2.14. The second-order valence-corrected chi connectivity index (χ2v) is 11.6. The van der Waals surface area contributed by atoms with Crippen LogP contribution in [0.3, 0.4) is 0 Å². The third kappa shape index (κ3) is 8.29. The predicted octanol–water partition coefficient (Wildman–Crippen LogP) is 5.71. The van der Waals surface area contributed by atoms with Gasteiger partial charge < -0.3 is 13.1 Å². The van der Waals surface area contributed by atoms with E-state index in [0.717, 1.165) is 30.2 Å². The Balaban J connectivity index is 1.94. The molecule has 3 aromatic rings. The molecule has 0 atom stereocenters. The molecule has 0 aliphatic heterocycles. The molecule has 0 radical (unpaired) electrons. The highest BCUT2D eigenvalue weighted by Crippen LogP contribution is 2.37. The van der Waals surface area contributed by atoms with Gasteiger partial charge in [-0.2, -0.15) is 16.8 Å². The largest absolute Gasteiger partial charge is 0.489 e. The Morgan fingerprint density at radius 1 is 0.757 bits per heavy atom. The van der Waals surface area contributed by atoms with E-state index in [-0.39, 0.29) is 40.5 Å². The molecule has 11 heteroatoms. The van der Waals surface area contributed by atoms with Crippen LogP contribution in [0.25, 0.3) is 22.3 Å². The molecule has 3 aromatic carbocycles. The lowest BCUT2D eigenvalue weighted by Crippen LogP contribution is -2.08. The van der Waals surface area contributed by atoms with E-state index in [2.05, 4.69) is 0 Å². The molecule has 0 aliphatic carbocycles. The zero-order valence-corrected chi connectivity index (χ0v) is 22.3. The summed E-state index contributed by atoms with van der Waals surface area (Å²) < 4.78 is 91.7. The van der Waals surface area contributed by atoms with Gasteiger partial charge in [-0.3, -0.25) is 0 Å². The van der Waals surface area contributed by atoms with Crippen LogP contribution in [0.15, 0.2) is 66.2 Å². The lowest BCUT2D eigenvalue weighted by atomic mass is 9.98. The standard InChI is InChI=1S/C26H26F2O7S2/c1-17(2)6-5-13-33-25-12-9-19(14-26(25)35-37(4,31)32)22-16-23(27)21(15-24(22)28)18-7-10-20(11-8-18)34-36(3,29)30/h6-12,14-16H,5,13H2,1-4H3. The molecule has 7 nitrogen and oxygen atoms in total. The molecule has 0 unspecified atom stereocenters. The van der Waals surface area contributed by atoms with Gasteiger partial charge in [-0.15, -0.1) is 0 Å². The van der Waals surface area contributed by atoms with Gasteiger partial charge in [-0.05, 0) is 67.8 Å². The molecule has 0 aromatic heterocycles. The average molecular weight is 553 g/mol. The summed E-state index contributed by atoms with van der Waals surface area (Å²) in [5, 5.41) is 0. The van der Waals surface area contributed by atoms with Crippen molar-refractivity contribution in [1.29, 1.82) is 0 Å². The molecule has 0 fully saturated rings. The molecule has 37 heavy (non-hydrogen) atoms. The third-order valence-electron chi connectivity index (χ3n) is 4.89. The maximum atomic E-state index is 15.1. The maximum absolute atomic E-state index is 15.1. The monoisotopic (exact) mass is 552 g/mol. The molecule has 0 N–H and O–H groups in total. The molecule has 0 amide bonds. The summed E-state index contributed by atoms with van der Waals surface area (Å²) in [4.78, 5) is 0. The van der Waals surface area contributed by atoms with Gasteiger partial charge in [0.1, 0.15) is 17.4 Å². The van der Waals surface area contributed by atoms with E-state index in [0.29, 0.717) is 12.0 Å². The zero-order valence-electron chi connectivity index (χ0n) is 20.6. The van der Waals surface area contributed by atoms with Crippen molar-refractivity contribution in [2.24, 2.45) is 0 Å². The van der Waals surface area contributed by atoms with E-state index < -0.39 is 31.9 Å². The van der Waals surface area contributed by atoms with Crippen LogP contribution in [0.1, 0.15) is 20.3 Å². The Kier molecular flexibility index (Phi) is 8.60. The third-order valence-corrected chi connectivity index (χ3v) is 5.87. The molecule has 198 valence electrons. The van der Waals surface area contributed by atoms with Crippen LogP contribution in [-0.2, 0) is 20.2 Å². The smallest absolute Gasteiger partial charge is 0.306 e. The minimum absolute atomic E-state index is 0.0327. The zero-order chi connectivity index (χ0) is 27.4. The summed E-state index contributed by atoms with van der Waals surface area (Å²) in [7, 11) is -7.65. The van der Waals surface area contributed by atoms with Gasteiger partial charge in [-0.1, -0.05) is 29.8 Å². The molecule has 0 bridgehead atoms. The van der Waals surface area contributed by atoms with Crippen LogP contribution < -0.4 is 13.1 Å². The van der Waals surface area contributed by atoms with Gasteiger partial charge in [0.15, 0.2) is 11.5 Å². The van der Waals surface area contributed by atoms with Gasteiger partial charge in [-0.25, -0.2) is 8.78 Å². The highest BCUT2D eigenvalue weighted by Gasteiger charge is 2.18. The molecule has 0 saturated heterocycles. The highest BCUT2D eigenvalue weighted by molar-refractivity contribution is 7.86. The van der Waals surface area contributed by atoms with Crippen LogP contribution in [0.4, 0.5) is 8.78 Å². The first-order valence-electron chi connectivity index (χ1n) is 11.0. The van der Waals surface area contributed by atoms with Crippen LogP contribution in [0.5, 0.6) is 17.2 Å². The van der Waals surface area contributed by atoms with Crippen LogP contribution in [-0.4, -0.2) is 36.0 Å². The summed E-state index contributed by atoms with van der Waals surface area (Å²) in [6.45, 7) is 4.14. The number of halogens is 2. The minimum Gasteiger partial charge on any atom is -0.489 e. The molecule has 0 saturated carbocycles. The van der Waals surface area contributed by atoms with Crippen molar-refractivity contribution in [3.63, 3.8) is 0 Å². The van der Waals surface area contributed by atoms with Gasteiger partial charge in [0.2, 0.25) is 0 Å². The van der Waals surface area contributed by atoms with Gasteiger partial charge in [0.05, 0.1) is 19.1 Å². The first-order valence-corrected chi connectivity index (χ1v) is 14.6. The molecule has 0 aliphatic rings. The highest BCUT2D eigenvalue weighted by atomic mass is 32.2. The second kappa shape index (κ2) is 11.3. The second-order valence-electron chi connectivity index (χ2n) is 8.49. The minimum atomic E-state index is -3.93. The van der Waals surface area contributed by atoms with Gasteiger partial charge in [0.25, 0.3) is 0 Å². The van der Waals surface area contributed by atoms with E-state index in [9.17, 15) is 16.8 Å². The Morgan fingerprint density at radius 3 is 1.84 bits per heavy atom. The van der Waals surface area contributed by atoms with Crippen LogP contribution >= 0.6 is 0 Å². The van der Waals surface area contributed by atoms with E-state index in [4.69, 9.17) is 13.1 Å². The summed E-state index contributed by atoms with van der Waals surface area (Å²) in [6, 6.07) is 11.6. The normalized spacial score (nSPS) is 11.6. The molecule has 0 heterocycles. The van der Waals surface area contributed by atoms with Crippen molar-refractivity contribution < 1.29 is 38.7 Å². The predicted molar refractivity (Wildman–Crippen MR) is 138 cm³/mol. The molecular weight excluding hydrogens is 526 g/mol. The van der Waals surface area contributed by atoms with Gasteiger partial charge >= 0.3 is 20.2 Å². The van der Waals surface area contributed by atoms with E-state index >= 15 is 8.78 Å². The van der Waals surface area contributed by atoms with Crippen molar-refractivity contribution in [1.82, 2.24) is 0 Å². The van der Waals surface area contributed by atoms with Crippen molar-refractivity contribution >= 4 is 20.2 Å². The number of allylic oxidation sites excluding steroid dienone is 1. The summed E-state index contributed by atoms with van der Waals surface area (Å²) in [5.41, 5.74) is 1.40.